The van der Waals surface area contributed by atoms with E-state index in [1.54, 1.807) is 12.3 Å². The van der Waals surface area contributed by atoms with Crippen LogP contribution in [0.5, 0.6) is 0 Å². The Morgan fingerprint density at radius 1 is 0.972 bits per heavy atom. The van der Waals surface area contributed by atoms with Crippen molar-refractivity contribution in [3.63, 3.8) is 0 Å². The highest BCUT2D eigenvalue weighted by Gasteiger charge is 2.25. The molecule has 1 unspecified atom stereocenters. The third-order valence-corrected chi connectivity index (χ3v) is 7.61. The summed E-state index contributed by atoms with van der Waals surface area (Å²) in [5, 5.41) is 0.999. The summed E-state index contributed by atoms with van der Waals surface area (Å²) in [6.45, 7) is 7.21. The van der Waals surface area contributed by atoms with Gasteiger partial charge in [0.25, 0.3) is 5.56 Å². The van der Waals surface area contributed by atoms with Gasteiger partial charge in [0.2, 0.25) is 5.91 Å². The number of piperazine rings is 1. The van der Waals surface area contributed by atoms with Gasteiger partial charge in [0, 0.05) is 38.4 Å². The number of carbonyl (C=O) groups excluding carboxylic acids is 1. The van der Waals surface area contributed by atoms with Crippen molar-refractivity contribution in [1.29, 1.82) is 0 Å². The first-order valence-corrected chi connectivity index (χ1v) is 13.1. The quantitative estimate of drug-likeness (QED) is 0.294. The van der Waals surface area contributed by atoms with Crippen LogP contribution in [0.4, 0.5) is 0 Å². The number of pyridine rings is 1. The average molecular weight is 500 g/mol. The normalized spacial score (nSPS) is 15.2. The van der Waals surface area contributed by atoms with Crippen LogP contribution < -0.4 is 5.56 Å². The molecule has 2 aromatic heterocycles. The number of amides is 1. The number of aromatic nitrogens is 3. The van der Waals surface area contributed by atoms with E-state index in [9.17, 15) is 9.59 Å². The second-order valence-corrected chi connectivity index (χ2v) is 9.98. The highest BCUT2D eigenvalue weighted by Crippen LogP contribution is 2.23. The van der Waals surface area contributed by atoms with Crippen LogP contribution in [0, 0.1) is 6.92 Å². The molecule has 3 heterocycles. The van der Waals surface area contributed by atoms with E-state index in [0.717, 1.165) is 18.7 Å². The molecule has 5 rings (SSSR count). The Morgan fingerprint density at radius 3 is 2.42 bits per heavy atom. The molecule has 4 aromatic rings. The molecule has 1 aliphatic rings. The van der Waals surface area contributed by atoms with E-state index in [-0.39, 0.29) is 17.2 Å². The van der Waals surface area contributed by atoms with Crippen molar-refractivity contribution >= 4 is 28.6 Å². The monoisotopic (exact) mass is 499 g/mol. The van der Waals surface area contributed by atoms with Gasteiger partial charge in [0.15, 0.2) is 5.16 Å². The SMILES string of the molecule is Cc1ccc(-n2c(SCC(=O)N3CCN(C(C)c4ccccc4)CC3)nc3ccccc3c2=O)nc1. The van der Waals surface area contributed by atoms with Crippen LogP contribution in [0.2, 0.25) is 0 Å². The van der Waals surface area contributed by atoms with Crippen molar-refractivity contribution in [2.24, 2.45) is 0 Å². The van der Waals surface area contributed by atoms with Crippen molar-refractivity contribution in [2.45, 2.75) is 25.0 Å². The molecule has 8 heteroatoms. The average Bonchev–Trinajstić information content (AvgIpc) is 2.93. The molecule has 0 spiro atoms. The topological polar surface area (TPSA) is 71.3 Å². The maximum Gasteiger partial charge on any atom is 0.267 e. The lowest BCUT2D eigenvalue weighted by atomic mass is 10.1. The molecule has 1 amide bonds. The predicted octanol–water partition coefficient (Wildman–Crippen LogP) is 4.09. The van der Waals surface area contributed by atoms with Crippen molar-refractivity contribution in [3.8, 4) is 5.82 Å². The zero-order valence-electron chi connectivity index (χ0n) is 20.5. The fourth-order valence-electron chi connectivity index (χ4n) is 4.52. The number of para-hydroxylation sites is 1. The lowest BCUT2D eigenvalue weighted by Gasteiger charge is -2.38. The second kappa shape index (κ2) is 10.6. The van der Waals surface area contributed by atoms with E-state index in [0.29, 0.717) is 41.0 Å². The van der Waals surface area contributed by atoms with E-state index < -0.39 is 0 Å². The minimum absolute atomic E-state index is 0.0536. The Morgan fingerprint density at radius 2 is 1.69 bits per heavy atom. The molecule has 0 aliphatic carbocycles. The first-order chi connectivity index (χ1) is 17.5. The predicted molar refractivity (Wildman–Crippen MR) is 144 cm³/mol. The molecule has 1 atom stereocenters. The van der Waals surface area contributed by atoms with E-state index in [1.807, 2.05) is 48.2 Å². The van der Waals surface area contributed by atoms with Gasteiger partial charge in [-0.15, -0.1) is 0 Å². The summed E-state index contributed by atoms with van der Waals surface area (Å²) >= 11 is 1.29. The van der Waals surface area contributed by atoms with Gasteiger partial charge < -0.3 is 4.90 Å². The summed E-state index contributed by atoms with van der Waals surface area (Å²) in [6.07, 6.45) is 1.73. The number of hydrogen-bond donors (Lipinski definition) is 0. The van der Waals surface area contributed by atoms with E-state index in [2.05, 4.69) is 41.1 Å². The van der Waals surface area contributed by atoms with Crippen LogP contribution in [-0.2, 0) is 4.79 Å². The number of thioether (sulfide) groups is 1. The molecular weight excluding hydrogens is 470 g/mol. The molecule has 1 fully saturated rings. The number of fused-ring (bicyclic) bond motifs is 1. The lowest BCUT2D eigenvalue weighted by molar-refractivity contribution is -0.130. The summed E-state index contributed by atoms with van der Waals surface area (Å²) in [5.41, 5.74) is 2.73. The summed E-state index contributed by atoms with van der Waals surface area (Å²) in [6, 6.07) is 21.8. The van der Waals surface area contributed by atoms with Gasteiger partial charge in [0.05, 0.1) is 16.7 Å². The summed E-state index contributed by atoms with van der Waals surface area (Å²) in [4.78, 5) is 40.0. The van der Waals surface area contributed by atoms with Crippen molar-refractivity contribution in [1.82, 2.24) is 24.3 Å². The lowest BCUT2D eigenvalue weighted by Crippen LogP contribution is -2.49. The summed E-state index contributed by atoms with van der Waals surface area (Å²) < 4.78 is 1.51. The van der Waals surface area contributed by atoms with Gasteiger partial charge in [-0.05, 0) is 43.2 Å². The standard InChI is InChI=1S/C28H29N5O2S/c1-20-12-13-25(29-18-20)33-27(35)23-10-6-7-11-24(23)30-28(33)36-19-26(34)32-16-14-31(15-17-32)21(2)22-8-4-3-5-9-22/h3-13,18,21H,14-17,19H2,1-2H3. The zero-order chi connectivity index (χ0) is 25.1. The Balaban J connectivity index is 1.30. The molecule has 0 bridgehead atoms. The molecule has 0 N–H and O–H groups in total. The number of rotatable bonds is 6. The largest absolute Gasteiger partial charge is 0.339 e. The molecule has 0 saturated carbocycles. The van der Waals surface area contributed by atoms with E-state index in [4.69, 9.17) is 4.98 Å². The molecule has 1 aliphatic heterocycles. The zero-order valence-corrected chi connectivity index (χ0v) is 21.3. The Labute approximate surface area is 214 Å². The first kappa shape index (κ1) is 24.2. The molecule has 2 aromatic carbocycles. The second-order valence-electron chi connectivity index (χ2n) is 9.04. The molecule has 184 valence electrons. The minimum atomic E-state index is -0.185. The van der Waals surface area contributed by atoms with Crippen LogP contribution in [0.25, 0.3) is 16.7 Å². The number of nitrogens with zero attached hydrogens (tertiary/aromatic N) is 5. The van der Waals surface area contributed by atoms with Gasteiger partial charge in [-0.2, -0.15) is 0 Å². The number of aryl methyl sites for hydroxylation is 1. The van der Waals surface area contributed by atoms with Crippen LogP contribution in [-0.4, -0.2) is 62.2 Å². The van der Waals surface area contributed by atoms with Gasteiger partial charge in [0.1, 0.15) is 5.82 Å². The minimum Gasteiger partial charge on any atom is -0.339 e. The highest BCUT2D eigenvalue weighted by atomic mass is 32.2. The van der Waals surface area contributed by atoms with Crippen LogP contribution in [0.1, 0.15) is 24.1 Å². The fourth-order valence-corrected chi connectivity index (χ4v) is 5.43. The van der Waals surface area contributed by atoms with Gasteiger partial charge >= 0.3 is 0 Å². The maximum absolute atomic E-state index is 13.4. The number of carbonyl (C=O) groups is 1. The third kappa shape index (κ3) is 5.05. The van der Waals surface area contributed by atoms with Crippen LogP contribution in [0.3, 0.4) is 0 Å². The molecule has 0 radical (unpaired) electrons. The Bertz CT molecular complexity index is 1410. The number of benzene rings is 2. The summed E-state index contributed by atoms with van der Waals surface area (Å²) in [5.74, 6) is 0.769. The van der Waals surface area contributed by atoms with E-state index in [1.165, 1.54) is 21.9 Å². The van der Waals surface area contributed by atoms with Gasteiger partial charge in [-0.1, -0.05) is 60.3 Å². The first-order valence-electron chi connectivity index (χ1n) is 12.2. The van der Waals surface area contributed by atoms with Gasteiger partial charge in [-0.3, -0.25) is 14.5 Å². The Hall–Kier alpha value is -3.49. The van der Waals surface area contributed by atoms with Crippen molar-refractivity contribution < 1.29 is 4.79 Å². The summed E-state index contributed by atoms with van der Waals surface area (Å²) in [7, 11) is 0. The van der Waals surface area contributed by atoms with Crippen LogP contribution >= 0.6 is 11.8 Å². The maximum atomic E-state index is 13.4. The molecular formula is C28H29N5O2S. The molecule has 36 heavy (non-hydrogen) atoms. The van der Waals surface area contributed by atoms with E-state index >= 15 is 0 Å². The van der Waals surface area contributed by atoms with Crippen molar-refractivity contribution in [3.05, 3.63) is 94.4 Å². The smallest absolute Gasteiger partial charge is 0.267 e. The highest BCUT2D eigenvalue weighted by molar-refractivity contribution is 7.99. The molecule has 1 saturated heterocycles. The molecule has 7 nitrogen and oxygen atoms in total. The fraction of sp³-hybridized carbons (Fsp3) is 0.286. The Kier molecular flexibility index (Phi) is 7.16. The van der Waals surface area contributed by atoms with Gasteiger partial charge in [-0.25, -0.2) is 14.5 Å². The third-order valence-electron chi connectivity index (χ3n) is 6.69. The van der Waals surface area contributed by atoms with Crippen LogP contribution in [0.15, 0.2) is 82.9 Å². The van der Waals surface area contributed by atoms with Crippen molar-refractivity contribution in [2.75, 3.05) is 31.9 Å². The number of hydrogen-bond acceptors (Lipinski definition) is 6.